The number of nitrogens with two attached hydrogens (primary N) is 2. The first kappa shape index (κ1) is 15.3. The van der Waals surface area contributed by atoms with E-state index < -0.39 is 18.0 Å². The molecule has 0 fully saturated rings. The Kier molecular flexibility index (Phi) is 10.8. The van der Waals surface area contributed by atoms with Gasteiger partial charge in [-0.25, -0.2) is 4.79 Å². The van der Waals surface area contributed by atoms with Crippen molar-refractivity contribution in [3.8, 4) is 0 Å². The van der Waals surface area contributed by atoms with Crippen LogP contribution in [0, 0.1) is 0 Å². The van der Waals surface area contributed by atoms with Gasteiger partial charge in [0.05, 0.1) is 6.61 Å². The summed E-state index contributed by atoms with van der Waals surface area (Å²) in [5, 5.41) is 15.8. The van der Waals surface area contributed by atoms with Crippen LogP contribution in [0.1, 0.15) is 6.92 Å². The Bertz CT molecular complexity index is 171. The molecule has 0 aromatic rings. The van der Waals surface area contributed by atoms with Gasteiger partial charge < -0.3 is 26.4 Å². The van der Waals surface area contributed by atoms with E-state index in [1.807, 2.05) is 0 Å². The first-order chi connectivity index (χ1) is 6.41. The molecule has 6 N–H and O–H groups in total. The molecule has 7 heteroatoms. The number of carbonyl (C=O) groups is 2. The molecule has 7 nitrogen and oxygen atoms in total. The average Bonchev–Trinajstić information content (AvgIpc) is 2.05. The van der Waals surface area contributed by atoms with Gasteiger partial charge in [-0.3, -0.25) is 4.79 Å². The van der Waals surface area contributed by atoms with Gasteiger partial charge in [0, 0.05) is 6.54 Å². The number of hydrogen-bond donors (Lipinski definition) is 4. The highest BCUT2D eigenvalue weighted by molar-refractivity contribution is 5.72. The zero-order chi connectivity index (χ0) is 11.6. The molecule has 0 heterocycles. The summed E-state index contributed by atoms with van der Waals surface area (Å²) in [7, 11) is 0. The van der Waals surface area contributed by atoms with Gasteiger partial charge in [0.15, 0.2) is 0 Å². The second kappa shape index (κ2) is 9.90. The third kappa shape index (κ3) is 17.1. The molecule has 1 atom stereocenters. The van der Waals surface area contributed by atoms with Gasteiger partial charge in [-0.15, -0.1) is 0 Å². The summed E-state index contributed by atoms with van der Waals surface area (Å²) in [4.78, 5) is 19.3. The fourth-order valence-electron chi connectivity index (χ4n) is 0.243. The third-order valence-electron chi connectivity index (χ3n) is 0.877. The molecule has 0 spiro atoms. The average molecular weight is 208 g/mol. The molecule has 0 aromatic carbocycles. The van der Waals surface area contributed by atoms with E-state index in [1.54, 1.807) is 0 Å². The van der Waals surface area contributed by atoms with Gasteiger partial charge >= 0.3 is 11.9 Å². The summed E-state index contributed by atoms with van der Waals surface area (Å²) < 4.78 is 4.52. The Hall–Kier alpha value is -1.18. The smallest absolute Gasteiger partial charge is 0.329 e. The fourth-order valence-corrected chi connectivity index (χ4v) is 0.243. The van der Waals surface area contributed by atoms with Crippen molar-refractivity contribution in [2.24, 2.45) is 11.5 Å². The Morgan fingerprint density at radius 2 is 1.86 bits per heavy atom. The van der Waals surface area contributed by atoms with E-state index in [2.05, 4.69) is 4.74 Å². The van der Waals surface area contributed by atoms with Crippen LogP contribution in [0.15, 0.2) is 0 Å². The predicted molar refractivity (Wildman–Crippen MR) is 48.8 cm³/mol. The molecule has 1 unspecified atom stereocenters. The zero-order valence-electron chi connectivity index (χ0n) is 7.97. The number of carboxylic acid groups (broad SMARTS) is 2. The van der Waals surface area contributed by atoms with Gasteiger partial charge in [-0.1, -0.05) is 0 Å². The van der Waals surface area contributed by atoms with Crippen molar-refractivity contribution >= 4 is 11.9 Å². The van der Waals surface area contributed by atoms with Crippen molar-refractivity contribution in [2.75, 3.05) is 19.8 Å². The van der Waals surface area contributed by atoms with Crippen LogP contribution in [0.5, 0.6) is 0 Å². The Morgan fingerprint density at radius 1 is 1.43 bits per heavy atom. The van der Waals surface area contributed by atoms with Gasteiger partial charge in [0.25, 0.3) is 0 Å². The maximum Gasteiger partial charge on any atom is 0.329 e. The summed E-state index contributed by atoms with van der Waals surface area (Å²) >= 11 is 0. The molecule has 0 bridgehead atoms. The van der Waals surface area contributed by atoms with E-state index in [1.165, 1.54) is 6.92 Å². The van der Waals surface area contributed by atoms with Crippen LogP contribution in [-0.4, -0.2) is 48.0 Å². The number of hydrogen-bond acceptors (Lipinski definition) is 5. The summed E-state index contributed by atoms with van der Waals surface area (Å²) in [6.45, 7) is 1.85. The molecule has 0 aliphatic rings. The van der Waals surface area contributed by atoms with Crippen LogP contribution in [0.25, 0.3) is 0 Å². The maximum absolute atomic E-state index is 9.71. The van der Waals surface area contributed by atoms with Crippen molar-refractivity contribution in [1.29, 1.82) is 0 Å². The van der Waals surface area contributed by atoms with Gasteiger partial charge in [0.1, 0.15) is 12.6 Å². The molecule has 14 heavy (non-hydrogen) atoms. The highest BCUT2D eigenvalue weighted by Crippen LogP contribution is 1.70. The maximum atomic E-state index is 9.71. The van der Waals surface area contributed by atoms with Gasteiger partial charge in [0.2, 0.25) is 0 Å². The minimum atomic E-state index is -0.963. The first-order valence-electron chi connectivity index (χ1n) is 3.89. The van der Waals surface area contributed by atoms with E-state index >= 15 is 0 Å². The van der Waals surface area contributed by atoms with Gasteiger partial charge in [-0.2, -0.15) is 0 Å². The van der Waals surface area contributed by atoms with Crippen molar-refractivity contribution in [2.45, 2.75) is 13.0 Å². The molecule has 0 rings (SSSR count). The third-order valence-corrected chi connectivity index (χ3v) is 0.877. The number of carboxylic acids is 2. The van der Waals surface area contributed by atoms with Crippen LogP contribution < -0.4 is 11.5 Å². The highest BCUT2D eigenvalue weighted by atomic mass is 16.5. The van der Waals surface area contributed by atoms with E-state index in [-0.39, 0.29) is 6.61 Å². The highest BCUT2D eigenvalue weighted by Gasteiger charge is 1.99. The largest absolute Gasteiger partial charge is 0.480 e. The molecule has 0 aromatic heterocycles. The van der Waals surface area contributed by atoms with Gasteiger partial charge in [-0.05, 0) is 6.92 Å². The lowest BCUT2D eigenvalue weighted by Crippen LogP contribution is -2.25. The second-order valence-electron chi connectivity index (χ2n) is 2.36. The molecular weight excluding hydrogens is 192 g/mol. The zero-order valence-corrected chi connectivity index (χ0v) is 7.97. The standard InChI is InChI=1S/C4H9NO3.C3H7NO2/c5-1-2-8-3-4(6)7;1-2(4)3(5)6/h1-3,5H2,(H,6,7);2H,4H2,1H3,(H,5,6). The number of ether oxygens (including phenoxy) is 1. The van der Waals surface area contributed by atoms with Crippen molar-refractivity contribution in [3.63, 3.8) is 0 Å². The van der Waals surface area contributed by atoms with Crippen molar-refractivity contribution in [3.05, 3.63) is 0 Å². The molecule has 0 saturated heterocycles. The van der Waals surface area contributed by atoms with E-state index in [0.717, 1.165) is 0 Å². The molecule has 0 saturated carbocycles. The van der Waals surface area contributed by atoms with Crippen LogP contribution >= 0.6 is 0 Å². The van der Waals surface area contributed by atoms with Crippen molar-refractivity contribution in [1.82, 2.24) is 0 Å². The Balaban J connectivity index is 0. The van der Waals surface area contributed by atoms with Crippen LogP contribution in [0.2, 0.25) is 0 Å². The van der Waals surface area contributed by atoms with Crippen LogP contribution in [-0.2, 0) is 14.3 Å². The fraction of sp³-hybridized carbons (Fsp3) is 0.714. The summed E-state index contributed by atoms with van der Waals surface area (Å²) in [6.07, 6.45) is 0. The molecule has 0 amide bonds. The summed E-state index contributed by atoms with van der Waals surface area (Å²) in [6, 6.07) is -0.731. The normalized spacial score (nSPS) is 11.1. The van der Waals surface area contributed by atoms with E-state index in [4.69, 9.17) is 21.7 Å². The topological polar surface area (TPSA) is 136 Å². The SMILES string of the molecule is CC(N)C(=O)O.NCCOCC(=O)O. The van der Waals surface area contributed by atoms with Crippen LogP contribution in [0.4, 0.5) is 0 Å². The van der Waals surface area contributed by atoms with E-state index in [0.29, 0.717) is 13.2 Å². The minimum absolute atomic E-state index is 0.253. The Labute approximate surface area is 81.6 Å². The second-order valence-corrected chi connectivity index (χ2v) is 2.36. The molecule has 0 aliphatic carbocycles. The lowest BCUT2D eigenvalue weighted by atomic mass is 10.4. The predicted octanol–water partition coefficient (Wildman–Crippen LogP) is -1.54. The van der Waals surface area contributed by atoms with Crippen LogP contribution in [0.3, 0.4) is 0 Å². The lowest BCUT2D eigenvalue weighted by Gasteiger charge is -1.94. The quantitative estimate of drug-likeness (QED) is 0.402. The first-order valence-corrected chi connectivity index (χ1v) is 3.89. The monoisotopic (exact) mass is 208 g/mol. The Morgan fingerprint density at radius 3 is 2.07 bits per heavy atom. The number of rotatable bonds is 5. The lowest BCUT2D eigenvalue weighted by molar-refractivity contribution is -0.142. The molecule has 84 valence electrons. The molecule has 0 radical (unpaired) electrons. The van der Waals surface area contributed by atoms with E-state index in [9.17, 15) is 9.59 Å². The molecule has 0 aliphatic heterocycles. The summed E-state index contributed by atoms with van der Waals surface area (Å²) in [5.41, 5.74) is 9.83. The van der Waals surface area contributed by atoms with Crippen molar-refractivity contribution < 1.29 is 24.5 Å². The molecular formula is C7H16N2O5. The minimum Gasteiger partial charge on any atom is -0.480 e. The number of aliphatic carboxylic acids is 2. The summed E-state index contributed by atoms with van der Waals surface area (Å²) in [5.74, 6) is -1.92.